The molecule has 0 aliphatic carbocycles. The van der Waals surface area contributed by atoms with Crippen molar-refractivity contribution in [2.45, 2.75) is 13.0 Å². The Hall–Kier alpha value is -3.81. The Balaban J connectivity index is 1.88. The summed E-state index contributed by atoms with van der Waals surface area (Å²) in [5, 5.41) is 8.21. The number of hydrogen-bond acceptors (Lipinski definition) is 5. The summed E-state index contributed by atoms with van der Waals surface area (Å²) < 4.78 is 9.81. The van der Waals surface area contributed by atoms with E-state index in [4.69, 9.17) is 9.47 Å². The highest BCUT2D eigenvalue weighted by Gasteiger charge is 2.31. The summed E-state index contributed by atoms with van der Waals surface area (Å²) in [6.45, 7) is 1.66. The lowest BCUT2D eigenvalue weighted by molar-refractivity contribution is -0.113. The van der Waals surface area contributed by atoms with Crippen LogP contribution in [0.4, 0.5) is 10.5 Å². The van der Waals surface area contributed by atoms with Crippen molar-refractivity contribution >= 4 is 23.6 Å². The summed E-state index contributed by atoms with van der Waals surface area (Å²) in [7, 11) is 2.87. The molecule has 0 spiro atoms. The molecule has 0 bridgehead atoms. The Kier molecular flexibility index (Phi) is 5.82. The van der Waals surface area contributed by atoms with Gasteiger partial charge in [0.25, 0.3) is 5.91 Å². The fourth-order valence-electron chi connectivity index (χ4n) is 3.05. The highest BCUT2D eigenvalue weighted by molar-refractivity contribution is 6.06. The molecule has 3 amide bonds. The maximum absolute atomic E-state index is 13.0. The predicted molar refractivity (Wildman–Crippen MR) is 107 cm³/mol. The maximum Gasteiger partial charge on any atom is 0.337 e. The van der Waals surface area contributed by atoms with E-state index in [9.17, 15) is 14.4 Å². The maximum atomic E-state index is 13.0. The number of benzene rings is 2. The van der Waals surface area contributed by atoms with E-state index in [0.717, 1.165) is 0 Å². The third-order valence-electron chi connectivity index (χ3n) is 4.53. The molecule has 1 atom stereocenters. The van der Waals surface area contributed by atoms with Gasteiger partial charge in [0.1, 0.15) is 5.75 Å². The number of hydrogen-bond donors (Lipinski definition) is 3. The topological polar surface area (TPSA) is 106 Å². The number of amides is 3. The van der Waals surface area contributed by atoms with Gasteiger partial charge in [-0.2, -0.15) is 0 Å². The normalized spacial score (nSPS) is 15.8. The molecule has 3 N–H and O–H groups in total. The Morgan fingerprint density at radius 3 is 2.24 bits per heavy atom. The summed E-state index contributed by atoms with van der Waals surface area (Å²) in [5.41, 5.74) is 2.44. The van der Waals surface area contributed by atoms with Gasteiger partial charge in [0, 0.05) is 11.4 Å². The fourth-order valence-corrected chi connectivity index (χ4v) is 3.05. The van der Waals surface area contributed by atoms with Crippen LogP contribution >= 0.6 is 0 Å². The SMILES string of the molecule is COC(=O)c1ccc([C@@H]2NC(=O)NC(C)=C2C(=O)Nc2ccc(OC)cc2)cc1. The molecule has 1 aliphatic rings. The van der Waals surface area contributed by atoms with Crippen molar-refractivity contribution in [1.82, 2.24) is 10.6 Å². The first-order valence-corrected chi connectivity index (χ1v) is 8.85. The van der Waals surface area contributed by atoms with E-state index in [0.29, 0.717) is 33.8 Å². The number of allylic oxidation sites excluding steroid dienone is 1. The zero-order valence-corrected chi connectivity index (χ0v) is 16.2. The number of carbonyl (C=O) groups is 3. The van der Waals surface area contributed by atoms with Gasteiger partial charge in [0.2, 0.25) is 0 Å². The second kappa shape index (κ2) is 8.47. The van der Waals surface area contributed by atoms with E-state index >= 15 is 0 Å². The molecule has 0 unspecified atom stereocenters. The number of methoxy groups -OCH3 is 2. The van der Waals surface area contributed by atoms with Gasteiger partial charge in [0.15, 0.2) is 0 Å². The third-order valence-corrected chi connectivity index (χ3v) is 4.53. The summed E-state index contributed by atoms with van der Waals surface area (Å²) in [6.07, 6.45) is 0. The molecule has 3 rings (SSSR count). The highest BCUT2D eigenvalue weighted by atomic mass is 16.5. The monoisotopic (exact) mass is 395 g/mol. The summed E-state index contributed by atoms with van der Waals surface area (Å²) >= 11 is 0. The summed E-state index contributed by atoms with van der Waals surface area (Å²) in [6, 6.07) is 12.4. The molecule has 0 fully saturated rings. The van der Waals surface area contributed by atoms with E-state index in [1.54, 1.807) is 62.6 Å². The average molecular weight is 395 g/mol. The molecule has 29 heavy (non-hydrogen) atoms. The minimum Gasteiger partial charge on any atom is -0.497 e. The third kappa shape index (κ3) is 4.37. The zero-order valence-electron chi connectivity index (χ0n) is 16.2. The Morgan fingerprint density at radius 1 is 1.00 bits per heavy atom. The lowest BCUT2D eigenvalue weighted by Gasteiger charge is -2.28. The molecule has 150 valence electrons. The van der Waals surface area contributed by atoms with Crippen molar-refractivity contribution in [1.29, 1.82) is 0 Å². The van der Waals surface area contributed by atoms with Crippen molar-refractivity contribution < 1.29 is 23.9 Å². The van der Waals surface area contributed by atoms with Gasteiger partial charge in [-0.05, 0) is 48.9 Å². The number of rotatable bonds is 5. The van der Waals surface area contributed by atoms with Crippen molar-refractivity contribution in [3.05, 3.63) is 70.9 Å². The van der Waals surface area contributed by atoms with Crippen molar-refractivity contribution in [2.75, 3.05) is 19.5 Å². The summed E-state index contributed by atoms with van der Waals surface area (Å²) in [5.74, 6) is -0.147. The van der Waals surface area contributed by atoms with Crippen molar-refractivity contribution in [3.8, 4) is 5.75 Å². The van der Waals surface area contributed by atoms with Crippen LogP contribution in [0.5, 0.6) is 5.75 Å². The minimum absolute atomic E-state index is 0.359. The Morgan fingerprint density at radius 2 is 1.66 bits per heavy atom. The largest absolute Gasteiger partial charge is 0.497 e. The first-order valence-electron chi connectivity index (χ1n) is 8.85. The number of esters is 1. The smallest absolute Gasteiger partial charge is 0.337 e. The number of anilines is 1. The van der Waals surface area contributed by atoms with Crippen LogP contribution < -0.4 is 20.7 Å². The molecule has 0 aromatic heterocycles. The number of nitrogens with one attached hydrogen (secondary N) is 3. The van der Waals surface area contributed by atoms with Crippen LogP contribution in [-0.2, 0) is 9.53 Å². The van der Waals surface area contributed by atoms with Crippen LogP contribution in [0.3, 0.4) is 0 Å². The molecular weight excluding hydrogens is 374 g/mol. The lowest BCUT2D eigenvalue weighted by atomic mass is 9.94. The second-order valence-electron chi connectivity index (χ2n) is 6.37. The van der Waals surface area contributed by atoms with Gasteiger partial charge >= 0.3 is 12.0 Å². The number of carbonyl (C=O) groups excluding carboxylic acids is 3. The standard InChI is InChI=1S/C21H21N3O5/c1-12-17(19(25)23-15-8-10-16(28-2)11-9-15)18(24-21(27)22-12)13-4-6-14(7-5-13)20(26)29-3/h4-11,18H,1-3H3,(H,23,25)(H2,22,24,27)/t18-/m0/s1. The van der Waals surface area contributed by atoms with Gasteiger partial charge < -0.3 is 25.4 Å². The van der Waals surface area contributed by atoms with Gasteiger partial charge in [-0.25, -0.2) is 9.59 Å². The van der Waals surface area contributed by atoms with Crippen LogP contribution in [0.15, 0.2) is 59.8 Å². The van der Waals surface area contributed by atoms with Crippen LogP contribution in [0.2, 0.25) is 0 Å². The van der Waals surface area contributed by atoms with Gasteiger partial charge in [-0.3, -0.25) is 4.79 Å². The molecule has 0 saturated heterocycles. The molecule has 1 aliphatic heterocycles. The molecule has 0 radical (unpaired) electrons. The predicted octanol–water partition coefficient (Wildman–Crippen LogP) is 2.75. The fraction of sp³-hybridized carbons (Fsp3) is 0.190. The second-order valence-corrected chi connectivity index (χ2v) is 6.37. The van der Waals surface area contributed by atoms with Crippen LogP contribution in [-0.4, -0.2) is 32.1 Å². The van der Waals surface area contributed by atoms with Crippen molar-refractivity contribution in [2.24, 2.45) is 0 Å². The number of urea groups is 1. The Bertz CT molecular complexity index is 965. The highest BCUT2D eigenvalue weighted by Crippen LogP contribution is 2.28. The molecule has 0 saturated carbocycles. The van der Waals surface area contributed by atoms with Gasteiger partial charge in [0.05, 0.1) is 31.4 Å². The van der Waals surface area contributed by atoms with Gasteiger partial charge in [-0.15, -0.1) is 0 Å². The quantitative estimate of drug-likeness (QED) is 0.675. The summed E-state index contributed by atoms with van der Waals surface area (Å²) in [4.78, 5) is 36.6. The molecule has 8 nitrogen and oxygen atoms in total. The average Bonchev–Trinajstić information content (AvgIpc) is 2.73. The zero-order chi connectivity index (χ0) is 21.0. The first-order chi connectivity index (χ1) is 13.9. The molecule has 2 aromatic rings. The lowest BCUT2D eigenvalue weighted by Crippen LogP contribution is -2.45. The molecule has 1 heterocycles. The van der Waals surface area contributed by atoms with Crippen LogP contribution in [0, 0.1) is 0 Å². The van der Waals surface area contributed by atoms with E-state index in [1.165, 1.54) is 7.11 Å². The van der Waals surface area contributed by atoms with E-state index in [-0.39, 0.29) is 5.91 Å². The molecule has 8 heteroatoms. The number of ether oxygens (including phenoxy) is 2. The molecular formula is C21H21N3O5. The van der Waals surface area contributed by atoms with E-state index in [1.807, 2.05) is 0 Å². The van der Waals surface area contributed by atoms with Gasteiger partial charge in [-0.1, -0.05) is 12.1 Å². The first kappa shape index (κ1) is 19.9. The van der Waals surface area contributed by atoms with Crippen LogP contribution in [0.1, 0.15) is 28.9 Å². The Labute approximate surface area is 167 Å². The van der Waals surface area contributed by atoms with Crippen LogP contribution in [0.25, 0.3) is 0 Å². The minimum atomic E-state index is -0.673. The van der Waals surface area contributed by atoms with E-state index < -0.39 is 18.0 Å². The molecule has 2 aromatic carbocycles. The van der Waals surface area contributed by atoms with E-state index in [2.05, 4.69) is 16.0 Å². The van der Waals surface area contributed by atoms with Crippen molar-refractivity contribution in [3.63, 3.8) is 0 Å².